The fraction of sp³-hybridized carbons (Fsp3) is 0.316. The Balaban J connectivity index is 2.30. The first kappa shape index (κ1) is 17.8. The molecule has 0 aliphatic rings. The number of phenolic OH excluding ortho intramolecular Hbond substituents is 1. The number of ether oxygens (including phenoxy) is 1. The molecule has 0 saturated heterocycles. The van der Waals surface area contributed by atoms with Crippen LogP contribution in [0.1, 0.15) is 27.8 Å². The van der Waals surface area contributed by atoms with E-state index in [-0.39, 0.29) is 12.2 Å². The summed E-state index contributed by atoms with van der Waals surface area (Å²) in [5.41, 5.74) is 9.79. The van der Waals surface area contributed by atoms with Gasteiger partial charge in [0.2, 0.25) is 0 Å². The summed E-state index contributed by atoms with van der Waals surface area (Å²) in [6, 6.07) is 6.44. The van der Waals surface area contributed by atoms with Crippen molar-refractivity contribution in [2.24, 2.45) is 5.73 Å². The van der Waals surface area contributed by atoms with Gasteiger partial charge in [-0.25, -0.2) is 0 Å². The second-order valence-corrected chi connectivity index (χ2v) is 6.22. The maximum Gasteiger partial charge on any atom is 0.320 e. The minimum absolute atomic E-state index is 0.272. The third kappa shape index (κ3) is 3.86. The SMILES string of the molecule is Cc1cc(Oc2c(C)cc(C[C@H](N)C(=O)O)cc2C)cc(C)c1O. The molecular formula is C19H23NO4. The molecule has 0 fully saturated rings. The molecule has 0 bridgehead atoms. The van der Waals surface area contributed by atoms with Gasteiger partial charge in [0.05, 0.1) is 0 Å². The molecule has 0 amide bonds. The largest absolute Gasteiger partial charge is 0.507 e. The van der Waals surface area contributed by atoms with Gasteiger partial charge >= 0.3 is 5.97 Å². The van der Waals surface area contributed by atoms with Crippen molar-refractivity contribution in [2.75, 3.05) is 0 Å². The van der Waals surface area contributed by atoms with Crippen molar-refractivity contribution < 1.29 is 19.7 Å². The van der Waals surface area contributed by atoms with Crippen LogP contribution in [0.5, 0.6) is 17.2 Å². The summed E-state index contributed by atoms with van der Waals surface area (Å²) in [6.07, 6.45) is 0.273. The van der Waals surface area contributed by atoms with E-state index >= 15 is 0 Å². The number of aliphatic carboxylic acids is 1. The van der Waals surface area contributed by atoms with Crippen LogP contribution in [0.3, 0.4) is 0 Å². The molecular weight excluding hydrogens is 306 g/mol. The van der Waals surface area contributed by atoms with Crippen molar-refractivity contribution in [2.45, 2.75) is 40.2 Å². The normalized spacial score (nSPS) is 12.0. The Kier molecular flexibility index (Phi) is 5.14. The maximum absolute atomic E-state index is 10.9. The van der Waals surface area contributed by atoms with E-state index in [0.29, 0.717) is 5.75 Å². The summed E-state index contributed by atoms with van der Waals surface area (Å²) in [6.45, 7) is 7.48. The molecule has 2 aromatic rings. The minimum Gasteiger partial charge on any atom is -0.507 e. The van der Waals surface area contributed by atoms with Crippen LogP contribution in [0.4, 0.5) is 0 Å². The molecule has 0 aliphatic heterocycles. The Morgan fingerprint density at radius 2 is 1.54 bits per heavy atom. The van der Waals surface area contributed by atoms with Crippen molar-refractivity contribution in [3.63, 3.8) is 0 Å². The second kappa shape index (κ2) is 6.93. The van der Waals surface area contributed by atoms with E-state index in [4.69, 9.17) is 15.6 Å². The molecule has 2 aromatic carbocycles. The number of rotatable bonds is 5. The van der Waals surface area contributed by atoms with E-state index < -0.39 is 12.0 Å². The van der Waals surface area contributed by atoms with Crippen molar-refractivity contribution in [3.05, 3.63) is 52.1 Å². The van der Waals surface area contributed by atoms with Crippen LogP contribution >= 0.6 is 0 Å². The number of hydrogen-bond donors (Lipinski definition) is 3. The predicted octanol–water partition coefficient (Wildman–Crippen LogP) is 3.37. The lowest BCUT2D eigenvalue weighted by atomic mass is 10.0. The zero-order valence-electron chi connectivity index (χ0n) is 14.4. The van der Waals surface area contributed by atoms with Crippen LogP contribution in [0.25, 0.3) is 0 Å². The van der Waals surface area contributed by atoms with Crippen LogP contribution in [0.15, 0.2) is 24.3 Å². The fourth-order valence-electron chi connectivity index (χ4n) is 2.75. The van der Waals surface area contributed by atoms with Crippen molar-refractivity contribution in [1.29, 1.82) is 0 Å². The van der Waals surface area contributed by atoms with Gasteiger partial charge in [0.1, 0.15) is 23.3 Å². The smallest absolute Gasteiger partial charge is 0.320 e. The van der Waals surface area contributed by atoms with E-state index in [1.54, 1.807) is 12.1 Å². The Morgan fingerprint density at radius 3 is 2.00 bits per heavy atom. The number of benzene rings is 2. The number of carboxylic acids is 1. The van der Waals surface area contributed by atoms with Crippen LogP contribution in [0.2, 0.25) is 0 Å². The molecule has 0 radical (unpaired) electrons. The first-order chi connectivity index (χ1) is 11.2. The van der Waals surface area contributed by atoms with Crippen LogP contribution in [-0.4, -0.2) is 22.2 Å². The van der Waals surface area contributed by atoms with Gasteiger partial charge in [-0.1, -0.05) is 12.1 Å². The summed E-state index contributed by atoms with van der Waals surface area (Å²) >= 11 is 0. The number of aromatic hydroxyl groups is 1. The highest BCUT2D eigenvalue weighted by atomic mass is 16.5. The summed E-state index contributed by atoms with van der Waals surface area (Å²) in [4.78, 5) is 10.9. The third-order valence-electron chi connectivity index (χ3n) is 3.98. The monoisotopic (exact) mass is 329 g/mol. The van der Waals surface area contributed by atoms with E-state index in [9.17, 15) is 9.90 Å². The van der Waals surface area contributed by atoms with Gasteiger partial charge in [-0.3, -0.25) is 4.79 Å². The number of phenols is 1. The van der Waals surface area contributed by atoms with Crippen molar-refractivity contribution in [1.82, 2.24) is 0 Å². The molecule has 128 valence electrons. The molecule has 24 heavy (non-hydrogen) atoms. The second-order valence-electron chi connectivity index (χ2n) is 6.22. The van der Waals surface area contributed by atoms with Gasteiger partial charge in [0, 0.05) is 0 Å². The highest BCUT2D eigenvalue weighted by Crippen LogP contribution is 2.33. The van der Waals surface area contributed by atoms with Crippen LogP contribution in [0, 0.1) is 27.7 Å². The average Bonchev–Trinajstić information content (AvgIpc) is 2.48. The summed E-state index contributed by atoms with van der Waals surface area (Å²) in [5, 5.41) is 18.8. The van der Waals surface area contributed by atoms with Gasteiger partial charge in [0.25, 0.3) is 0 Å². The Bertz CT molecular complexity index is 737. The van der Waals surface area contributed by atoms with Crippen LogP contribution < -0.4 is 10.5 Å². The number of aryl methyl sites for hydroxylation is 4. The van der Waals surface area contributed by atoms with E-state index in [1.807, 2.05) is 39.8 Å². The van der Waals surface area contributed by atoms with Gasteiger partial charge < -0.3 is 20.7 Å². The van der Waals surface area contributed by atoms with Gasteiger partial charge in [0.15, 0.2) is 0 Å². The first-order valence-corrected chi connectivity index (χ1v) is 7.75. The summed E-state index contributed by atoms with van der Waals surface area (Å²) in [7, 11) is 0. The molecule has 4 N–H and O–H groups in total. The highest BCUT2D eigenvalue weighted by Gasteiger charge is 2.15. The lowest BCUT2D eigenvalue weighted by molar-refractivity contribution is -0.138. The number of carboxylic acid groups (broad SMARTS) is 1. The van der Waals surface area contributed by atoms with Gasteiger partial charge in [-0.15, -0.1) is 0 Å². The van der Waals surface area contributed by atoms with E-state index in [2.05, 4.69) is 0 Å². The lowest BCUT2D eigenvalue weighted by Gasteiger charge is -2.16. The first-order valence-electron chi connectivity index (χ1n) is 7.75. The van der Waals surface area contributed by atoms with Gasteiger partial charge in [-0.05, 0) is 74.1 Å². The van der Waals surface area contributed by atoms with E-state index in [1.165, 1.54) is 0 Å². The molecule has 0 saturated carbocycles. The predicted molar refractivity (Wildman–Crippen MR) is 92.9 cm³/mol. The molecule has 5 nitrogen and oxygen atoms in total. The molecule has 0 spiro atoms. The highest BCUT2D eigenvalue weighted by molar-refractivity contribution is 5.73. The standard InChI is InChI=1S/C19H23NO4/c1-10-7-15(8-11(2)17(10)21)24-18-12(3)5-14(6-13(18)4)9-16(20)19(22)23/h5-8,16,21H,9,20H2,1-4H3,(H,22,23)/t16-/m0/s1. The Morgan fingerprint density at radius 1 is 1.04 bits per heavy atom. The Hall–Kier alpha value is -2.53. The minimum atomic E-state index is -1.01. The molecule has 5 heteroatoms. The fourth-order valence-corrected chi connectivity index (χ4v) is 2.75. The zero-order valence-corrected chi connectivity index (χ0v) is 14.4. The third-order valence-corrected chi connectivity index (χ3v) is 3.98. The van der Waals surface area contributed by atoms with Gasteiger partial charge in [-0.2, -0.15) is 0 Å². The lowest BCUT2D eigenvalue weighted by Crippen LogP contribution is -2.32. The van der Waals surface area contributed by atoms with Crippen molar-refractivity contribution in [3.8, 4) is 17.2 Å². The molecule has 0 aliphatic carbocycles. The summed E-state index contributed by atoms with van der Waals surface area (Å²) in [5.74, 6) is 0.644. The average molecular weight is 329 g/mol. The Labute approximate surface area is 141 Å². The number of hydrogen-bond acceptors (Lipinski definition) is 4. The molecule has 0 unspecified atom stereocenters. The summed E-state index contributed by atoms with van der Waals surface area (Å²) < 4.78 is 6.01. The van der Waals surface area contributed by atoms with E-state index in [0.717, 1.165) is 33.6 Å². The molecule has 2 rings (SSSR count). The quantitative estimate of drug-likeness (QED) is 0.782. The van der Waals surface area contributed by atoms with Crippen LogP contribution in [-0.2, 0) is 11.2 Å². The maximum atomic E-state index is 10.9. The molecule has 0 heterocycles. The van der Waals surface area contributed by atoms with Crippen molar-refractivity contribution >= 4 is 5.97 Å². The molecule has 0 aromatic heterocycles. The number of carbonyl (C=O) groups is 1. The number of nitrogens with two attached hydrogens (primary N) is 1. The zero-order chi connectivity index (χ0) is 18.0. The topological polar surface area (TPSA) is 92.8 Å². The molecule has 1 atom stereocenters.